The zero-order chi connectivity index (χ0) is 17.5. The molecular weight excluding hydrogens is 373 g/mol. The molecule has 2 aromatic carbocycles. The lowest BCUT2D eigenvalue weighted by Crippen LogP contribution is -2.20. The number of anilines is 1. The molecular formula is C17H12Cl3NO3. The maximum atomic E-state index is 11.7. The first kappa shape index (κ1) is 18.3. The highest BCUT2D eigenvalue weighted by Crippen LogP contribution is 2.22. The molecule has 2 aromatic rings. The first-order valence-corrected chi connectivity index (χ1v) is 7.93. The predicted molar refractivity (Wildman–Crippen MR) is 96.5 cm³/mol. The minimum atomic E-state index is -0.658. The van der Waals surface area contributed by atoms with Crippen LogP contribution in [0, 0.1) is 0 Å². The molecule has 0 heterocycles. The van der Waals surface area contributed by atoms with Crippen molar-refractivity contribution in [2.24, 2.45) is 0 Å². The van der Waals surface area contributed by atoms with Crippen molar-refractivity contribution in [3.8, 4) is 0 Å². The van der Waals surface area contributed by atoms with Gasteiger partial charge in [0.15, 0.2) is 6.61 Å². The zero-order valence-corrected chi connectivity index (χ0v) is 14.5. The van der Waals surface area contributed by atoms with Gasteiger partial charge < -0.3 is 10.1 Å². The van der Waals surface area contributed by atoms with Crippen LogP contribution in [0.25, 0.3) is 6.08 Å². The molecule has 24 heavy (non-hydrogen) atoms. The van der Waals surface area contributed by atoms with Crippen LogP contribution in [-0.4, -0.2) is 18.5 Å². The minimum absolute atomic E-state index is 0.387. The summed E-state index contributed by atoms with van der Waals surface area (Å²) in [7, 11) is 0. The van der Waals surface area contributed by atoms with E-state index in [2.05, 4.69) is 5.32 Å². The summed E-state index contributed by atoms with van der Waals surface area (Å²) >= 11 is 17.6. The van der Waals surface area contributed by atoms with Crippen LogP contribution < -0.4 is 5.32 Å². The summed E-state index contributed by atoms with van der Waals surface area (Å²) in [6, 6.07) is 11.6. The van der Waals surface area contributed by atoms with Crippen LogP contribution in [-0.2, 0) is 14.3 Å². The number of amides is 1. The molecule has 0 atom stereocenters. The third-order valence-electron chi connectivity index (χ3n) is 2.80. The van der Waals surface area contributed by atoms with E-state index in [9.17, 15) is 9.59 Å². The molecule has 0 aromatic heterocycles. The number of hydrogen-bond acceptors (Lipinski definition) is 3. The quantitative estimate of drug-likeness (QED) is 0.592. The van der Waals surface area contributed by atoms with Gasteiger partial charge in [-0.25, -0.2) is 4.79 Å². The maximum absolute atomic E-state index is 11.7. The lowest BCUT2D eigenvalue weighted by Gasteiger charge is -2.06. The smallest absolute Gasteiger partial charge is 0.331 e. The molecule has 0 fully saturated rings. The van der Waals surface area contributed by atoms with Gasteiger partial charge in [-0.3, -0.25) is 4.79 Å². The highest BCUT2D eigenvalue weighted by Gasteiger charge is 2.07. The van der Waals surface area contributed by atoms with E-state index in [0.29, 0.717) is 26.3 Å². The van der Waals surface area contributed by atoms with E-state index < -0.39 is 18.5 Å². The Morgan fingerprint density at radius 2 is 1.71 bits per heavy atom. The average Bonchev–Trinajstić information content (AvgIpc) is 2.51. The van der Waals surface area contributed by atoms with Crippen molar-refractivity contribution in [2.75, 3.05) is 11.9 Å². The average molecular weight is 385 g/mol. The van der Waals surface area contributed by atoms with Crippen molar-refractivity contribution < 1.29 is 14.3 Å². The molecule has 0 aliphatic rings. The van der Waals surface area contributed by atoms with Crippen LogP contribution in [0.3, 0.4) is 0 Å². The lowest BCUT2D eigenvalue weighted by molar-refractivity contribution is -0.142. The van der Waals surface area contributed by atoms with Crippen molar-refractivity contribution in [1.82, 2.24) is 0 Å². The van der Waals surface area contributed by atoms with Crippen molar-refractivity contribution in [2.45, 2.75) is 0 Å². The third kappa shape index (κ3) is 5.89. The van der Waals surface area contributed by atoms with Crippen molar-refractivity contribution in [1.29, 1.82) is 0 Å². The molecule has 0 bridgehead atoms. The van der Waals surface area contributed by atoms with Crippen molar-refractivity contribution in [3.05, 3.63) is 69.2 Å². The molecule has 124 valence electrons. The van der Waals surface area contributed by atoms with E-state index in [1.165, 1.54) is 30.4 Å². The number of nitrogens with one attached hydrogen (secondary N) is 1. The summed E-state index contributed by atoms with van der Waals surface area (Å²) < 4.78 is 4.85. The van der Waals surface area contributed by atoms with Gasteiger partial charge in [0.05, 0.1) is 0 Å². The fourth-order valence-electron chi connectivity index (χ4n) is 1.78. The first-order valence-electron chi connectivity index (χ1n) is 6.79. The maximum Gasteiger partial charge on any atom is 0.331 e. The number of carbonyl (C=O) groups is 2. The number of ether oxygens (including phenoxy) is 1. The number of benzene rings is 2. The molecule has 7 heteroatoms. The largest absolute Gasteiger partial charge is 0.452 e. The van der Waals surface area contributed by atoms with Crippen LogP contribution in [0.5, 0.6) is 0 Å². The third-order valence-corrected chi connectivity index (χ3v) is 3.58. The van der Waals surface area contributed by atoms with E-state index in [4.69, 9.17) is 39.5 Å². The van der Waals surface area contributed by atoms with E-state index in [1.807, 2.05) is 0 Å². The number of halogens is 3. The lowest BCUT2D eigenvalue weighted by atomic mass is 10.2. The van der Waals surface area contributed by atoms with Gasteiger partial charge in [0.2, 0.25) is 0 Å². The fourth-order valence-corrected chi connectivity index (χ4v) is 2.50. The van der Waals surface area contributed by atoms with Crippen LogP contribution >= 0.6 is 34.8 Å². The summed E-state index contributed by atoms with van der Waals surface area (Å²) in [5.41, 5.74) is 1.09. The molecule has 0 saturated carbocycles. The summed E-state index contributed by atoms with van der Waals surface area (Å²) in [5, 5.41) is 3.82. The monoisotopic (exact) mass is 383 g/mol. The minimum Gasteiger partial charge on any atom is -0.452 e. The van der Waals surface area contributed by atoms with Crippen LogP contribution in [0.15, 0.2) is 48.5 Å². The van der Waals surface area contributed by atoms with Gasteiger partial charge in [-0.05, 0) is 35.9 Å². The predicted octanol–water partition coefficient (Wildman–Crippen LogP) is 4.84. The van der Waals surface area contributed by atoms with Gasteiger partial charge in [-0.15, -0.1) is 0 Å². The Balaban J connectivity index is 1.85. The molecule has 1 amide bonds. The summed E-state index contributed by atoms with van der Waals surface area (Å²) in [6.07, 6.45) is 2.71. The highest BCUT2D eigenvalue weighted by atomic mass is 35.5. The second-order valence-corrected chi connectivity index (χ2v) is 5.95. The van der Waals surface area contributed by atoms with Gasteiger partial charge in [-0.1, -0.05) is 53.0 Å². The first-order chi connectivity index (χ1) is 11.4. The fraction of sp³-hybridized carbons (Fsp3) is 0.0588. The molecule has 2 rings (SSSR count). The van der Waals surface area contributed by atoms with Crippen LogP contribution in [0.1, 0.15) is 5.56 Å². The summed E-state index contributed by atoms with van der Waals surface area (Å²) in [4.78, 5) is 23.4. The summed E-state index contributed by atoms with van der Waals surface area (Å²) in [5.74, 6) is -1.16. The van der Waals surface area contributed by atoms with E-state index in [1.54, 1.807) is 24.3 Å². The Hall–Kier alpha value is -2.01. The van der Waals surface area contributed by atoms with Gasteiger partial charge in [0, 0.05) is 26.8 Å². The molecule has 0 unspecified atom stereocenters. The van der Waals surface area contributed by atoms with E-state index in [0.717, 1.165) is 0 Å². The molecule has 1 N–H and O–H groups in total. The van der Waals surface area contributed by atoms with Gasteiger partial charge >= 0.3 is 5.97 Å². The Morgan fingerprint density at radius 3 is 2.38 bits per heavy atom. The van der Waals surface area contributed by atoms with Crippen LogP contribution in [0.2, 0.25) is 15.1 Å². The van der Waals surface area contributed by atoms with Gasteiger partial charge in [-0.2, -0.15) is 0 Å². The molecule has 0 spiro atoms. The van der Waals surface area contributed by atoms with E-state index >= 15 is 0 Å². The highest BCUT2D eigenvalue weighted by molar-refractivity contribution is 6.35. The molecule has 4 nitrogen and oxygen atoms in total. The SMILES string of the molecule is O=C(COC(=O)/C=C/c1ccccc1Cl)Nc1cc(Cl)cc(Cl)c1. The number of hydrogen-bond donors (Lipinski definition) is 1. The number of rotatable bonds is 5. The normalized spacial score (nSPS) is 10.6. The Morgan fingerprint density at radius 1 is 1.04 bits per heavy atom. The molecule has 0 radical (unpaired) electrons. The van der Waals surface area contributed by atoms with Crippen molar-refractivity contribution >= 4 is 58.4 Å². The topological polar surface area (TPSA) is 55.4 Å². The molecule has 0 saturated heterocycles. The van der Waals surface area contributed by atoms with Crippen molar-refractivity contribution in [3.63, 3.8) is 0 Å². The van der Waals surface area contributed by atoms with E-state index in [-0.39, 0.29) is 0 Å². The van der Waals surface area contributed by atoms with Gasteiger partial charge in [0.1, 0.15) is 0 Å². The Kier molecular flexibility index (Phi) is 6.67. The zero-order valence-electron chi connectivity index (χ0n) is 12.3. The number of esters is 1. The Labute approximate surface area is 154 Å². The van der Waals surface area contributed by atoms with Gasteiger partial charge in [0.25, 0.3) is 5.91 Å². The second kappa shape index (κ2) is 8.73. The molecule has 0 aliphatic carbocycles. The number of carbonyl (C=O) groups excluding carboxylic acids is 2. The second-order valence-electron chi connectivity index (χ2n) is 4.67. The summed E-state index contributed by atoms with van der Waals surface area (Å²) in [6.45, 7) is -0.435. The molecule has 0 aliphatic heterocycles. The Bertz CT molecular complexity index is 770. The standard InChI is InChI=1S/C17H12Cl3NO3/c18-12-7-13(19)9-14(8-12)21-16(22)10-24-17(23)6-5-11-3-1-2-4-15(11)20/h1-9H,10H2,(H,21,22)/b6-5+. The van der Waals surface area contributed by atoms with Crippen LogP contribution in [0.4, 0.5) is 5.69 Å².